The molecule has 0 unspecified atom stereocenters. The van der Waals surface area contributed by atoms with E-state index in [1.54, 1.807) is 16.8 Å². The first-order valence-corrected chi connectivity index (χ1v) is 11.3. The van der Waals surface area contributed by atoms with Crippen LogP contribution >= 0.6 is 11.6 Å². The highest BCUT2D eigenvalue weighted by Gasteiger charge is 2.52. The third-order valence-electron chi connectivity index (χ3n) is 6.51. The third-order valence-corrected chi connectivity index (χ3v) is 6.93. The summed E-state index contributed by atoms with van der Waals surface area (Å²) in [6.45, 7) is 9.64. The van der Waals surface area contributed by atoms with Crippen LogP contribution in [0.5, 0.6) is 0 Å². The zero-order chi connectivity index (χ0) is 23.1. The minimum absolute atomic E-state index is 0.324. The van der Waals surface area contributed by atoms with Gasteiger partial charge < -0.3 is 14.6 Å². The van der Waals surface area contributed by atoms with Crippen molar-refractivity contribution < 1.29 is 18.5 Å². The lowest BCUT2D eigenvalue weighted by Crippen LogP contribution is -2.41. The average molecular weight is 463 g/mol. The summed E-state index contributed by atoms with van der Waals surface area (Å²) in [7, 11) is -0.625. The van der Waals surface area contributed by atoms with E-state index in [0.29, 0.717) is 41.5 Å². The van der Waals surface area contributed by atoms with Gasteiger partial charge in [-0.3, -0.25) is 18.8 Å². The number of hydrogen-bond acceptors (Lipinski definition) is 5. The Morgan fingerprint density at radius 1 is 1.28 bits per heavy atom. The maximum atomic E-state index is 12.9. The van der Waals surface area contributed by atoms with E-state index >= 15 is 0 Å². The third kappa shape index (κ3) is 4.44. The van der Waals surface area contributed by atoms with Crippen molar-refractivity contribution in [1.82, 2.24) is 14.7 Å². The SMILES string of the molecule is CC1(C)OB(c2cccc(NC(=O)c3cc4n(n3)CN(CCCF)CC4)c2Cl)OC1(C)C. The molecule has 4 rings (SSSR count). The van der Waals surface area contributed by atoms with E-state index in [1.165, 1.54) is 0 Å². The number of carbonyl (C=O) groups is 1. The summed E-state index contributed by atoms with van der Waals surface area (Å²) < 4.78 is 26.5. The van der Waals surface area contributed by atoms with Crippen molar-refractivity contribution in [3.05, 3.63) is 40.7 Å². The number of benzene rings is 1. The van der Waals surface area contributed by atoms with Gasteiger partial charge in [0, 0.05) is 30.7 Å². The minimum Gasteiger partial charge on any atom is -0.399 e. The van der Waals surface area contributed by atoms with Crippen LogP contribution < -0.4 is 10.8 Å². The molecular formula is C22H29BClFN4O3. The molecule has 1 aromatic heterocycles. The Hall–Kier alpha value is -1.94. The molecule has 3 heterocycles. The number of amides is 1. The van der Waals surface area contributed by atoms with Crippen LogP contribution in [0.2, 0.25) is 5.02 Å². The normalized spacial score (nSPS) is 19.8. The number of fused-ring (bicyclic) bond motifs is 1. The first kappa shape index (κ1) is 23.2. The van der Waals surface area contributed by atoms with Crippen LogP contribution in [0.15, 0.2) is 24.3 Å². The second-order valence-electron chi connectivity index (χ2n) is 9.32. The van der Waals surface area contributed by atoms with Crippen LogP contribution in [0.25, 0.3) is 0 Å². The largest absolute Gasteiger partial charge is 0.496 e. The summed E-state index contributed by atoms with van der Waals surface area (Å²) in [5.41, 5.74) is 1.46. The molecule has 32 heavy (non-hydrogen) atoms. The molecule has 0 aliphatic carbocycles. The van der Waals surface area contributed by atoms with Gasteiger partial charge in [-0.25, -0.2) is 0 Å². The van der Waals surface area contributed by atoms with E-state index in [2.05, 4.69) is 15.3 Å². The number of rotatable bonds is 6. The van der Waals surface area contributed by atoms with Crippen LogP contribution in [0.1, 0.15) is 50.3 Å². The van der Waals surface area contributed by atoms with Crippen molar-refractivity contribution in [2.75, 3.05) is 25.1 Å². The van der Waals surface area contributed by atoms with Gasteiger partial charge in [-0.15, -0.1) is 0 Å². The summed E-state index contributed by atoms with van der Waals surface area (Å²) in [5, 5.41) is 7.69. The van der Waals surface area contributed by atoms with Crippen molar-refractivity contribution in [1.29, 1.82) is 0 Å². The molecule has 10 heteroatoms. The van der Waals surface area contributed by atoms with E-state index in [0.717, 1.165) is 18.7 Å². The number of nitrogens with zero attached hydrogens (tertiary/aromatic N) is 3. The van der Waals surface area contributed by atoms with Gasteiger partial charge in [-0.1, -0.05) is 23.7 Å². The molecule has 0 saturated carbocycles. The topological polar surface area (TPSA) is 68.6 Å². The molecular weight excluding hydrogens is 434 g/mol. The van der Waals surface area contributed by atoms with Crippen molar-refractivity contribution in [2.24, 2.45) is 0 Å². The Kier molecular flexibility index (Phi) is 6.37. The molecule has 1 fully saturated rings. The minimum atomic E-state index is -0.625. The molecule has 1 N–H and O–H groups in total. The second kappa shape index (κ2) is 8.78. The zero-order valence-electron chi connectivity index (χ0n) is 19.0. The first-order valence-electron chi connectivity index (χ1n) is 10.9. The summed E-state index contributed by atoms with van der Waals surface area (Å²) in [4.78, 5) is 15.0. The van der Waals surface area contributed by atoms with E-state index in [-0.39, 0.29) is 12.6 Å². The van der Waals surface area contributed by atoms with Crippen molar-refractivity contribution in [2.45, 2.75) is 58.4 Å². The number of alkyl halides is 1. The molecule has 7 nitrogen and oxygen atoms in total. The second-order valence-corrected chi connectivity index (χ2v) is 9.70. The van der Waals surface area contributed by atoms with E-state index in [9.17, 15) is 9.18 Å². The Bertz CT molecular complexity index is 997. The average Bonchev–Trinajstić information content (AvgIpc) is 3.25. The Morgan fingerprint density at radius 3 is 2.69 bits per heavy atom. The van der Waals surface area contributed by atoms with Crippen LogP contribution in [-0.4, -0.2) is 58.7 Å². The predicted octanol–water partition coefficient (Wildman–Crippen LogP) is 3.26. The van der Waals surface area contributed by atoms with Gasteiger partial charge in [-0.05, 0) is 46.2 Å². The maximum absolute atomic E-state index is 12.9. The summed E-state index contributed by atoms with van der Waals surface area (Å²) >= 11 is 6.64. The molecule has 0 radical (unpaired) electrons. The van der Waals surface area contributed by atoms with E-state index in [4.69, 9.17) is 20.9 Å². The number of carbonyl (C=O) groups excluding carboxylic acids is 1. The number of anilines is 1. The Balaban J connectivity index is 1.48. The highest BCUT2D eigenvalue weighted by Crippen LogP contribution is 2.37. The lowest BCUT2D eigenvalue weighted by atomic mass is 9.79. The van der Waals surface area contributed by atoms with Crippen molar-refractivity contribution in [3.63, 3.8) is 0 Å². The van der Waals surface area contributed by atoms with Gasteiger partial charge >= 0.3 is 7.12 Å². The monoisotopic (exact) mass is 462 g/mol. The molecule has 0 spiro atoms. The van der Waals surface area contributed by atoms with Gasteiger partial charge in [-0.2, -0.15) is 5.10 Å². The number of hydrogen-bond donors (Lipinski definition) is 1. The van der Waals surface area contributed by atoms with Crippen LogP contribution in [-0.2, 0) is 22.4 Å². The Morgan fingerprint density at radius 2 is 2.00 bits per heavy atom. The summed E-state index contributed by atoms with van der Waals surface area (Å²) in [6.07, 6.45) is 1.27. The summed E-state index contributed by atoms with van der Waals surface area (Å²) in [5.74, 6) is -0.338. The number of nitrogens with one attached hydrogen (secondary N) is 1. The van der Waals surface area contributed by atoms with Crippen LogP contribution in [0.3, 0.4) is 0 Å². The number of aromatic nitrogens is 2. The number of halogens is 2. The maximum Gasteiger partial charge on any atom is 0.496 e. The summed E-state index contributed by atoms with van der Waals surface area (Å²) in [6, 6.07) is 7.18. The standard InChI is InChI=1S/C22H29BClFN4O3/c1-21(2)22(3,4)32-23(31-21)16-7-5-8-17(19(16)24)26-20(30)18-13-15-9-12-28(11-6-10-25)14-29(15)27-18/h5,7-8,13H,6,9-12,14H2,1-4H3,(H,26,30). The quantitative estimate of drug-likeness (QED) is 0.667. The highest BCUT2D eigenvalue weighted by atomic mass is 35.5. The van der Waals surface area contributed by atoms with E-state index in [1.807, 2.05) is 39.8 Å². The highest BCUT2D eigenvalue weighted by molar-refractivity contribution is 6.66. The fourth-order valence-electron chi connectivity index (χ4n) is 3.87. The van der Waals surface area contributed by atoms with Crippen molar-refractivity contribution in [3.8, 4) is 0 Å². The lowest BCUT2D eigenvalue weighted by Gasteiger charge is -2.32. The lowest BCUT2D eigenvalue weighted by molar-refractivity contribution is 0.00578. The smallest absolute Gasteiger partial charge is 0.399 e. The molecule has 2 aromatic rings. The Labute approximate surface area is 193 Å². The predicted molar refractivity (Wildman–Crippen MR) is 123 cm³/mol. The van der Waals surface area contributed by atoms with Crippen molar-refractivity contribution >= 4 is 35.8 Å². The first-order chi connectivity index (χ1) is 15.1. The molecule has 172 valence electrons. The van der Waals surface area contributed by atoms with Gasteiger partial charge in [0.2, 0.25) is 0 Å². The van der Waals surface area contributed by atoms with Gasteiger partial charge in [0.15, 0.2) is 5.69 Å². The van der Waals surface area contributed by atoms with Gasteiger partial charge in [0.1, 0.15) is 0 Å². The molecule has 1 amide bonds. The molecule has 0 atom stereocenters. The molecule has 2 aliphatic heterocycles. The fraction of sp³-hybridized carbons (Fsp3) is 0.545. The van der Waals surface area contributed by atoms with Gasteiger partial charge in [0.25, 0.3) is 5.91 Å². The van der Waals surface area contributed by atoms with Crippen LogP contribution in [0, 0.1) is 0 Å². The molecule has 2 aliphatic rings. The van der Waals surface area contributed by atoms with E-state index < -0.39 is 18.3 Å². The zero-order valence-corrected chi connectivity index (χ0v) is 19.7. The molecule has 1 aromatic carbocycles. The fourth-order valence-corrected chi connectivity index (χ4v) is 4.14. The van der Waals surface area contributed by atoms with Crippen LogP contribution in [0.4, 0.5) is 10.1 Å². The molecule has 1 saturated heterocycles. The van der Waals surface area contributed by atoms with Gasteiger partial charge in [0.05, 0.1) is 35.3 Å². The molecule has 0 bridgehead atoms.